The molecule has 1 aliphatic rings. The average Bonchev–Trinajstić information content (AvgIpc) is 2.84. The molecule has 1 aromatic rings. The summed E-state index contributed by atoms with van der Waals surface area (Å²) in [6.45, 7) is 0.0420. The highest BCUT2D eigenvalue weighted by Crippen LogP contribution is 2.27. The first kappa shape index (κ1) is 15.8. The van der Waals surface area contributed by atoms with Crippen molar-refractivity contribution < 1.29 is 23.9 Å². The van der Waals surface area contributed by atoms with Gasteiger partial charge in [-0.05, 0) is 17.7 Å². The van der Waals surface area contributed by atoms with Crippen LogP contribution in [-0.4, -0.2) is 43.4 Å². The van der Waals surface area contributed by atoms with E-state index in [0.717, 1.165) is 10.5 Å². The van der Waals surface area contributed by atoms with E-state index in [1.54, 1.807) is 25.3 Å². The van der Waals surface area contributed by atoms with Crippen LogP contribution >= 0.6 is 0 Å². The smallest absolute Gasteiger partial charge is 0.240 e. The van der Waals surface area contributed by atoms with Crippen LogP contribution in [0.3, 0.4) is 0 Å². The molecule has 1 saturated heterocycles. The Labute approximate surface area is 128 Å². The van der Waals surface area contributed by atoms with Crippen molar-refractivity contribution in [2.45, 2.75) is 19.4 Å². The van der Waals surface area contributed by atoms with E-state index in [1.165, 1.54) is 7.11 Å². The zero-order chi connectivity index (χ0) is 16.1. The van der Waals surface area contributed by atoms with Gasteiger partial charge in [-0.15, -0.1) is 0 Å². The van der Waals surface area contributed by atoms with Crippen LogP contribution < -0.4 is 14.8 Å². The van der Waals surface area contributed by atoms with Crippen LogP contribution in [0.25, 0.3) is 0 Å². The number of nitrogens with zero attached hydrogens (tertiary/aromatic N) is 1. The summed E-state index contributed by atoms with van der Waals surface area (Å²) in [5.74, 6) is 0.195. The molecule has 1 aliphatic heterocycles. The van der Waals surface area contributed by atoms with Crippen molar-refractivity contribution in [3.05, 3.63) is 23.8 Å². The number of rotatable bonds is 6. The minimum atomic E-state index is -0.376. The standard InChI is InChI=1S/C15H18N2O5/c1-21-11-4-3-10(7-12(11)22-2)8-16-13(18)9-17-14(19)5-6-15(17)20/h3-4,7H,5-6,8-9H2,1-2H3,(H,16,18). The predicted molar refractivity (Wildman–Crippen MR) is 77.3 cm³/mol. The highest BCUT2D eigenvalue weighted by molar-refractivity contribution is 6.04. The minimum Gasteiger partial charge on any atom is -0.493 e. The summed E-state index contributed by atoms with van der Waals surface area (Å²) in [6.07, 6.45) is 0.365. The van der Waals surface area contributed by atoms with Gasteiger partial charge in [0.1, 0.15) is 6.54 Å². The maximum Gasteiger partial charge on any atom is 0.240 e. The summed E-state index contributed by atoms with van der Waals surface area (Å²) in [6, 6.07) is 5.30. The van der Waals surface area contributed by atoms with Crippen molar-refractivity contribution in [2.24, 2.45) is 0 Å². The molecule has 0 bridgehead atoms. The van der Waals surface area contributed by atoms with Crippen molar-refractivity contribution >= 4 is 17.7 Å². The maximum absolute atomic E-state index is 11.8. The lowest BCUT2D eigenvalue weighted by Gasteiger charge is -2.14. The molecule has 0 unspecified atom stereocenters. The third-order valence-electron chi connectivity index (χ3n) is 3.39. The molecule has 0 spiro atoms. The Hall–Kier alpha value is -2.57. The summed E-state index contributed by atoms with van der Waals surface area (Å²) in [4.78, 5) is 35.7. The van der Waals surface area contributed by atoms with Gasteiger partial charge in [0.05, 0.1) is 14.2 Å². The van der Waals surface area contributed by atoms with E-state index in [4.69, 9.17) is 9.47 Å². The molecule has 1 N–H and O–H groups in total. The largest absolute Gasteiger partial charge is 0.493 e. The van der Waals surface area contributed by atoms with Gasteiger partial charge in [-0.25, -0.2) is 0 Å². The summed E-state index contributed by atoms with van der Waals surface area (Å²) >= 11 is 0. The van der Waals surface area contributed by atoms with Gasteiger partial charge in [-0.1, -0.05) is 6.07 Å². The average molecular weight is 306 g/mol. The fourth-order valence-corrected chi connectivity index (χ4v) is 2.19. The molecule has 7 nitrogen and oxygen atoms in total. The van der Waals surface area contributed by atoms with Crippen molar-refractivity contribution in [3.8, 4) is 11.5 Å². The van der Waals surface area contributed by atoms with Gasteiger partial charge >= 0.3 is 0 Å². The zero-order valence-electron chi connectivity index (χ0n) is 12.5. The molecular formula is C15H18N2O5. The first-order valence-electron chi connectivity index (χ1n) is 6.86. The molecule has 0 radical (unpaired) electrons. The molecule has 2 rings (SSSR count). The van der Waals surface area contributed by atoms with Crippen LogP contribution in [0, 0.1) is 0 Å². The molecule has 0 atom stereocenters. The normalized spacial score (nSPS) is 14.2. The second-order valence-electron chi connectivity index (χ2n) is 4.84. The van der Waals surface area contributed by atoms with Crippen LogP contribution in [0.1, 0.15) is 18.4 Å². The quantitative estimate of drug-likeness (QED) is 0.772. The van der Waals surface area contributed by atoms with Gasteiger partial charge in [0.25, 0.3) is 0 Å². The monoisotopic (exact) mass is 306 g/mol. The van der Waals surface area contributed by atoms with Gasteiger partial charge in [0.2, 0.25) is 17.7 Å². The summed E-state index contributed by atoms with van der Waals surface area (Å²) < 4.78 is 10.3. The molecule has 7 heteroatoms. The van der Waals surface area contributed by atoms with Crippen LogP contribution in [0.5, 0.6) is 11.5 Å². The fourth-order valence-electron chi connectivity index (χ4n) is 2.19. The Kier molecular flexibility index (Phi) is 4.98. The van der Waals surface area contributed by atoms with E-state index in [1.807, 2.05) is 0 Å². The molecule has 3 amide bonds. The number of amides is 3. The lowest BCUT2D eigenvalue weighted by atomic mass is 10.2. The molecule has 118 valence electrons. The number of carbonyl (C=O) groups excluding carboxylic acids is 3. The second kappa shape index (κ2) is 6.93. The van der Waals surface area contributed by atoms with Crippen molar-refractivity contribution in [1.29, 1.82) is 0 Å². The number of methoxy groups -OCH3 is 2. The summed E-state index contributed by atoms with van der Waals surface area (Å²) in [5, 5.41) is 2.67. The number of benzene rings is 1. The molecular weight excluding hydrogens is 288 g/mol. The third-order valence-corrected chi connectivity index (χ3v) is 3.39. The fraction of sp³-hybridized carbons (Fsp3) is 0.400. The molecule has 0 saturated carbocycles. The zero-order valence-corrected chi connectivity index (χ0v) is 12.5. The van der Waals surface area contributed by atoms with Crippen molar-refractivity contribution in [1.82, 2.24) is 10.2 Å². The van der Waals surface area contributed by atoms with E-state index in [9.17, 15) is 14.4 Å². The molecule has 22 heavy (non-hydrogen) atoms. The lowest BCUT2D eigenvalue weighted by Crippen LogP contribution is -2.39. The van der Waals surface area contributed by atoms with E-state index in [-0.39, 0.29) is 43.7 Å². The van der Waals surface area contributed by atoms with E-state index in [0.29, 0.717) is 11.5 Å². The van der Waals surface area contributed by atoms with E-state index < -0.39 is 0 Å². The number of imide groups is 1. The first-order chi connectivity index (χ1) is 10.5. The van der Waals surface area contributed by atoms with Crippen molar-refractivity contribution in [3.63, 3.8) is 0 Å². The van der Waals surface area contributed by atoms with Gasteiger partial charge in [0, 0.05) is 19.4 Å². The van der Waals surface area contributed by atoms with Crippen LogP contribution in [0.4, 0.5) is 0 Å². The van der Waals surface area contributed by atoms with Crippen LogP contribution in [0.2, 0.25) is 0 Å². The van der Waals surface area contributed by atoms with Crippen molar-refractivity contribution in [2.75, 3.05) is 20.8 Å². The minimum absolute atomic E-state index is 0.182. The van der Waals surface area contributed by atoms with Gasteiger partial charge < -0.3 is 14.8 Å². The Morgan fingerprint density at radius 2 is 1.77 bits per heavy atom. The van der Waals surface area contributed by atoms with Crippen LogP contribution in [-0.2, 0) is 20.9 Å². The molecule has 1 fully saturated rings. The second-order valence-corrected chi connectivity index (χ2v) is 4.84. The van der Waals surface area contributed by atoms with Gasteiger partial charge in [-0.2, -0.15) is 0 Å². The van der Waals surface area contributed by atoms with Crippen LogP contribution in [0.15, 0.2) is 18.2 Å². The molecule has 1 aromatic carbocycles. The highest BCUT2D eigenvalue weighted by atomic mass is 16.5. The maximum atomic E-state index is 11.8. The van der Waals surface area contributed by atoms with Gasteiger partial charge in [0.15, 0.2) is 11.5 Å². The number of hydrogen-bond donors (Lipinski definition) is 1. The summed E-state index contributed by atoms with van der Waals surface area (Å²) in [5.41, 5.74) is 0.824. The Balaban J connectivity index is 1.91. The highest BCUT2D eigenvalue weighted by Gasteiger charge is 2.30. The summed E-state index contributed by atoms with van der Waals surface area (Å²) in [7, 11) is 3.08. The third kappa shape index (κ3) is 3.55. The predicted octanol–water partition coefficient (Wildman–Crippen LogP) is 0.469. The number of carbonyl (C=O) groups is 3. The lowest BCUT2D eigenvalue weighted by molar-refractivity contribution is -0.142. The number of hydrogen-bond acceptors (Lipinski definition) is 5. The Morgan fingerprint density at radius 1 is 1.14 bits per heavy atom. The number of nitrogens with one attached hydrogen (secondary N) is 1. The Bertz CT molecular complexity index is 584. The molecule has 0 aliphatic carbocycles. The van der Waals surface area contributed by atoms with E-state index in [2.05, 4.69) is 5.32 Å². The first-order valence-corrected chi connectivity index (χ1v) is 6.86. The van der Waals surface area contributed by atoms with E-state index >= 15 is 0 Å². The number of ether oxygens (including phenoxy) is 2. The number of likely N-dealkylation sites (tertiary alicyclic amines) is 1. The molecule has 0 aromatic heterocycles. The topological polar surface area (TPSA) is 84.9 Å². The SMILES string of the molecule is COc1ccc(CNC(=O)CN2C(=O)CCC2=O)cc1OC. The Morgan fingerprint density at radius 3 is 2.36 bits per heavy atom. The molecule has 1 heterocycles. The van der Waals surface area contributed by atoms with Gasteiger partial charge in [-0.3, -0.25) is 19.3 Å².